The molecule has 0 aromatic heterocycles. The number of halogens is 1. The highest BCUT2D eigenvalue weighted by molar-refractivity contribution is 5.97. The zero-order valence-electron chi connectivity index (χ0n) is 11.8. The van der Waals surface area contributed by atoms with Gasteiger partial charge in [0.05, 0.1) is 0 Å². The fourth-order valence-electron chi connectivity index (χ4n) is 1.95. The number of likely N-dealkylation sites (N-methyl/N-ethyl adjacent to an activating group) is 1. The first-order chi connectivity index (χ1) is 7.99. The molecule has 0 bridgehead atoms. The summed E-state index contributed by atoms with van der Waals surface area (Å²) < 4.78 is 0. The maximum absolute atomic E-state index is 12.1. The van der Waals surface area contributed by atoms with Crippen LogP contribution in [0.15, 0.2) is 6.07 Å². The molecule has 0 aliphatic rings. The first-order valence-electron chi connectivity index (χ1n) is 5.99. The molecule has 0 saturated heterocycles. The van der Waals surface area contributed by atoms with Gasteiger partial charge in [0.2, 0.25) is 0 Å². The van der Waals surface area contributed by atoms with Gasteiger partial charge in [-0.15, -0.1) is 12.4 Å². The van der Waals surface area contributed by atoms with Gasteiger partial charge in [0.1, 0.15) is 0 Å². The Labute approximate surface area is 116 Å². The molecule has 3 nitrogen and oxygen atoms in total. The quantitative estimate of drug-likeness (QED) is 0.825. The molecule has 1 amide bonds. The number of hydrogen-bond donors (Lipinski definition) is 2. The molecule has 1 aromatic carbocycles. The highest BCUT2D eigenvalue weighted by atomic mass is 35.5. The van der Waals surface area contributed by atoms with Crippen molar-refractivity contribution in [3.05, 3.63) is 33.9 Å². The van der Waals surface area contributed by atoms with Crippen LogP contribution in [0.2, 0.25) is 0 Å². The molecule has 0 atom stereocenters. The van der Waals surface area contributed by atoms with E-state index in [9.17, 15) is 4.79 Å². The Bertz CT molecular complexity index is 404. The molecule has 0 unspecified atom stereocenters. The van der Waals surface area contributed by atoms with Crippen LogP contribution in [0.4, 0.5) is 0 Å². The van der Waals surface area contributed by atoms with Gasteiger partial charge in [-0.25, -0.2) is 0 Å². The number of rotatable bonds is 4. The van der Waals surface area contributed by atoms with Crippen molar-refractivity contribution in [2.45, 2.75) is 27.7 Å². The Morgan fingerprint density at radius 3 is 2.00 bits per heavy atom. The van der Waals surface area contributed by atoms with Crippen LogP contribution in [-0.2, 0) is 0 Å². The van der Waals surface area contributed by atoms with E-state index in [0.717, 1.165) is 23.2 Å². The molecule has 0 heterocycles. The minimum Gasteiger partial charge on any atom is -0.351 e. The average molecular weight is 271 g/mol. The summed E-state index contributed by atoms with van der Waals surface area (Å²) >= 11 is 0. The van der Waals surface area contributed by atoms with Crippen molar-refractivity contribution in [2.24, 2.45) is 0 Å². The Balaban J connectivity index is 0.00000289. The van der Waals surface area contributed by atoms with Crippen molar-refractivity contribution in [3.8, 4) is 0 Å². The third-order valence-electron chi connectivity index (χ3n) is 3.25. The van der Waals surface area contributed by atoms with Crippen LogP contribution in [0.25, 0.3) is 0 Å². The van der Waals surface area contributed by atoms with E-state index in [1.165, 1.54) is 11.1 Å². The average Bonchev–Trinajstić information content (AvgIpc) is 2.27. The molecule has 18 heavy (non-hydrogen) atoms. The number of nitrogens with one attached hydrogen (secondary N) is 2. The summed E-state index contributed by atoms with van der Waals surface area (Å²) in [6.07, 6.45) is 0. The summed E-state index contributed by atoms with van der Waals surface area (Å²) in [5.74, 6) is 0.0297. The van der Waals surface area contributed by atoms with Crippen LogP contribution in [0.5, 0.6) is 0 Å². The van der Waals surface area contributed by atoms with E-state index in [0.29, 0.717) is 6.54 Å². The molecule has 0 saturated carbocycles. The van der Waals surface area contributed by atoms with E-state index in [1.54, 1.807) is 0 Å². The van der Waals surface area contributed by atoms with E-state index in [2.05, 4.69) is 16.7 Å². The van der Waals surface area contributed by atoms with E-state index < -0.39 is 0 Å². The number of aryl methyl sites for hydroxylation is 2. The fraction of sp³-hybridized carbons (Fsp3) is 0.500. The lowest BCUT2D eigenvalue weighted by molar-refractivity contribution is 0.0952. The number of benzene rings is 1. The minimum absolute atomic E-state index is 0. The van der Waals surface area contributed by atoms with E-state index in [4.69, 9.17) is 0 Å². The van der Waals surface area contributed by atoms with Crippen molar-refractivity contribution in [1.82, 2.24) is 10.6 Å². The van der Waals surface area contributed by atoms with Gasteiger partial charge in [-0.1, -0.05) is 6.07 Å². The molecule has 0 spiro atoms. The SMILES string of the molecule is CNCCNC(=O)c1c(C)c(C)cc(C)c1C.Cl. The van der Waals surface area contributed by atoms with Crippen LogP contribution in [0, 0.1) is 27.7 Å². The second-order valence-electron chi connectivity index (χ2n) is 4.49. The van der Waals surface area contributed by atoms with Crippen LogP contribution in [0.3, 0.4) is 0 Å². The lowest BCUT2D eigenvalue weighted by Crippen LogP contribution is -2.31. The Hall–Kier alpha value is -1.06. The van der Waals surface area contributed by atoms with Gasteiger partial charge in [-0.05, 0) is 57.0 Å². The largest absolute Gasteiger partial charge is 0.351 e. The summed E-state index contributed by atoms with van der Waals surface area (Å²) in [6, 6.07) is 2.13. The van der Waals surface area contributed by atoms with Crippen molar-refractivity contribution < 1.29 is 4.79 Å². The predicted molar refractivity (Wildman–Crippen MR) is 78.9 cm³/mol. The second kappa shape index (κ2) is 7.39. The molecule has 1 aromatic rings. The summed E-state index contributed by atoms with van der Waals surface area (Å²) in [5, 5.41) is 5.95. The molecular weight excluding hydrogens is 248 g/mol. The maximum atomic E-state index is 12.1. The summed E-state index contributed by atoms with van der Waals surface area (Å²) in [6.45, 7) is 9.55. The lowest BCUT2D eigenvalue weighted by Gasteiger charge is -2.15. The molecule has 0 aliphatic carbocycles. The first kappa shape index (κ1) is 16.9. The maximum Gasteiger partial charge on any atom is 0.251 e. The number of carbonyl (C=O) groups is 1. The molecule has 102 valence electrons. The van der Waals surface area contributed by atoms with Gasteiger partial charge in [-0.2, -0.15) is 0 Å². The fourth-order valence-corrected chi connectivity index (χ4v) is 1.95. The minimum atomic E-state index is 0. The highest BCUT2D eigenvalue weighted by Crippen LogP contribution is 2.21. The predicted octanol–water partition coefficient (Wildman–Crippen LogP) is 2.29. The lowest BCUT2D eigenvalue weighted by atomic mass is 9.94. The number of carbonyl (C=O) groups excluding carboxylic acids is 1. The van der Waals surface area contributed by atoms with Crippen LogP contribution in [-0.4, -0.2) is 26.0 Å². The summed E-state index contributed by atoms with van der Waals surface area (Å²) in [5.41, 5.74) is 5.34. The summed E-state index contributed by atoms with van der Waals surface area (Å²) in [7, 11) is 1.87. The zero-order chi connectivity index (χ0) is 13.0. The molecule has 2 N–H and O–H groups in total. The highest BCUT2D eigenvalue weighted by Gasteiger charge is 2.14. The molecule has 0 radical (unpaired) electrons. The third-order valence-corrected chi connectivity index (χ3v) is 3.25. The van der Waals surface area contributed by atoms with Crippen molar-refractivity contribution in [1.29, 1.82) is 0 Å². The topological polar surface area (TPSA) is 41.1 Å². The zero-order valence-corrected chi connectivity index (χ0v) is 12.6. The monoisotopic (exact) mass is 270 g/mol. The number of amides is 1. The van der Waals surface area contributed by atoms with Gasteiger partial charge < -0.3 is 10.6 Å². The Morgan fingerprint density at radius 1 is 1.06 bits per heavy atom. The van der Waals surface area contributed by atoms with Crippen LogP contribution >= 0.6 is 12.4 Å². The van der Waals surface area contributed by atoms with Crippen LogP contribution < -0.4 is 10.6 Å². The van der Waals surface area contributed by atoms with Gasteiger partial charge in [-0.3, -0.25) is 4.79 Å². The van der Waals surface area contributed by atoms with E-state index >= 15 is 0 Å². The number of hydrogen-bond acceptors (Lipinski definition) is 2. The Kier molecular flexibility index (Phi) is 6.96. The van der Waals surface area contributed by atoms with Gasteiger partial charge in [0, 0.05) is 18.7 Å². The van der Waals surface area contributed by atoms with Crippen molar-refractivity contribution >= 4 is 18.3 Å². The van der Waals surface area contributed by atoms with Gasteiger partial charge >= 0.3 is 0 Å². The molecule has 1 rings (SSSR count). The van der Waals surface area contributed by atoms with E-state index in [-0.39, 0.29) is 18.3 Å². The Morgan fingerprint density at radius 2 is 1.56 bits per heavy atom. The van der Waals surface area contributed by atoms with Gasteiger partial charge in [0.15, 0.2) is 0 Å². The normalized spacial score (nSPS) is 9.83. The van der Waals surface area contributed by atoms with Crippen molar-refractivity contribution in [3.63, 3.8) is 0 Å². The molecule has 4 heteroatoms. The molecular formula is C14H23ClN2O. The van der Waals surface area contributed by atoms with Crippen molar-refractivity contribution in [2.75, 3.05) is 20.1 Å². The molecule has 0 aliphatic heterocycles. The smallest absolute Gasteiger partial charge is 0.251 e. The second-order valence-corrected chi connectivity index (χ2v) is 4.49. The van der Waals surface area contributed by atoms with Crippen LogP contribution in [0.1, 0.15) is 32.6 Å². The third kappa shape index (κ3) is 3.72. The summed E-state index contributed by atoms with van der Waals surface area (Å²) in [4.78, 5) is 12.1. The van der Waals surface area contributed by atoms with Gasteiger partial charge in [0.25, 0.3) is 5.91 Å². The molecule has 0 fully saturated rings. The standard InChI is InChI=1S/C14H22N2O.ClH/c1-9-8-10(2)12(4)13(11(9)3)14(17)16-7-6-15-5;/h8,15H,6-7H2,1-5H3,(H,16,17);1H. The first-order valence-corrected chi connectivity index (χ1v) is 5.99. The van der Waals surface area contributed by atoms with E-state index in [1.807, 2.05) is 34.7 Å².